The second kappa shape index (κ2) is 4.37. The van der Waals surface area contributed by atoms with Crippen LogP contribution in [-0.4, -0.2) is 18.1 Å². The third-order valence-electron chi connectivity index (χ3n) is 2.99. The Kier molecular flexibility index (Phi) is 3.10. The lowest BCUT2D eigenvalue weighted by molar-refractivity contribution is 0.627. The first-order valence-corrected chi connectivity index (χ1v) is 5.83. The van der Waals surface area contributed by atoms with Crippen molar-refractivity contribution >= 4 is 22.9 Å². The number of rotatable bonds is 2. The minimum absolute atomic E-state index is 0.258. The number of halogens is 1. The van der Waals surface area contributed by atoms with Crippen LogP contribution < -0.4 is 10.6 Å². The van der Waals surface area contributed by atoms with E-state index in [9.17, 15) is 4.39 Å². The van der Waals surface area contributed by atoms with Crippen molar-refractivity contribution in [2.45, 2.75) is 13.3 Å². The molecule has 1 aromatic carbocycles. The van der Waals surface area contributed by atoms with Crippen LogP contribution in [0.1, 0.15) is 18.9 Å². The molecular formula is C12H15FN2S. The maximum atomic E-state index is 13.1. The molecule has 1 unspecified atom stereocenters. The smallest absolute Gasteiger partial charge is 0.124 e. The summed E-state index contributed by atoms with van der Waals surface area (Å²) < 4.78 is 13.1. The van der Waals surface area contributed by atoms with Crippen molar-refractivity contribution in [2.24, 2.45) is 11.7 Å². The first kappa shape index (κ1) is 11.3. The molecule has 1 heterocycles. The van der Waals surface area contributed by atoms with Crippen molar-refractivity contribution in [3.63, 3.8) is 0 Å². The molecule has 2 nitrogen and oxygen atoms in total. The molecule has 0 aromatic heterocycles. The van der Waals surface area contributed by atoms with Gasteiger partial charge in [-0.05, 0) is 30.5 Å². The van der Waals surface area contributed by atoms with Gasteiger partial charge in [-0.2, -0.15) is 0 Å². The summed E-state index contributed by atoms with van der Waals surface area (Å²) in [4.78, 5) is 2.48. The summed E-state index contributed by atoms with van der Waals surface area (Å²) in [6, 6.07) is 4.64. The van der Waals surface area contributed by atoms with Crippen LogP contribution in [0.5, 0.6) is 0 Å². The standard InChI is InChI=1S/C12H15FN2S/c1-8-4-5-15(7-8)11-3-2-9(13)6-10(11)12(14)16/h2-3,6,8H,4-5,7H2,1H3,(H2,14,16). The first-order valence-electron chi connectivity index (χ1n) is 5.42. The number of anilines is 1. The van der Waals surface area contributed by atoms with E-state index in [1.165, 1.54) is 12.1 Å². The molecule has 0 radical (unpaired) electrons. The third-order valence-corrected chi connectivity index (χ3v) is 3.21. The predicted octanol–water partition coefficient (Wildman–Crippen LogP) is 2.31. The minimum atomic E-state index is -0.293. The van der Waals surface area contributed by atoms with E-state index in [1.807, 2.05) is 0 Å². The highest BCUT2D eigenvalue weighted by atomic mass is 32.1. The van der Waals surface area contributed by atoms with Crippen LogP contribution in [0.4, 0.5) is 10.1 Å². The van der Waals surface area contributed by atoms with Gasteiger partial charge >= 0.3 is 0 Å². The molecular weight excluding hydrogens is 223 g/mol. The Balaban J connectivity index is 2.36. The highest BCUT2D eigenvalue weighted by molar-refractivity contribution is 7.80. The highest BCUT2D eigenvalue weighted by Crippen LogP contribution is 2.27. The highest BCUT2D eigenvalue weighted by Gasteiger charge is 2.21. The molecule has 1 fully saturated rings. The van der Waals surface area contributed by atoms with E-state index in [0.717, 1.165) is 25.2 Å². The van der Waals surface area contributed by atoms with Crippen molar-refractivity contribution in [3.05, 3.63) is 29.6 Å². The Bertz CT molecular complexity index is 419. The molecule has 0 aliphatic carbocycles. The van der Waals surface area contributed by atoms with Crippen LogP contribution in [0.2, 0.25) is 0 Å². The fourth-order valence-electron chi connectivity index (χ4n) is 2.14. The fourth-order valence-corrected chi connectivity index (χ4v) is 2.30. The SMILES string of the molecule is CC1CCN(c2ccc(F)cc2C(N)=S)C1. The van der Waals surface area contributed by atoms with Gasteiger partial charge in [0.15, 0.2) is 0 Å². The van der Waals surface area contributed by atoms with Gasteiger partial charge in [-0.15, -0.1) is 0 Å². The van der Waals surface area contributed by atoms with E-state index in [4.69, 9.17) is 18.0 Å². The van der Waals surface area contributed by atoms with Gasteiger partial charge in [-0.3, -0.25) is 0 Å². The van der Waals surface area contributed by atoms with Crippen molar-refractivity contribution < 1.29 is 4.39 Å². The second-order valence-electron chi connectivity index (χ2n) is 4.37. The first-order chi connectivity index (χ1) is 7.58. The van der Waals surface area contributed by atoms with E-state index in [1.54, 1.807) is 6.07 Å². The van der Waals surface area contributed by atoms with Crippen molar-refractivity contribution in [1.82, 2.24) is 0 Å². The van der Waals surface area contributed by atoms with E-state index >= 15 is 0 Å². The van der Waals surface area contributed by atoms with Gasteiger partial charge in [0.05, 0.1) is 0 Å². The van der Waals surface area contributed by atoms with Crippen LogP contribution in [0, 0.1) is 11.7 Å². The van der Waals surface area contributed by atoms with E-state index < -0.39 is 0 Å². The van der Waals surface area contributed by atoms with E-state index in [0.29, 0.717) is 11.5 Å². The summed E-state index contributed by atoms with van der Waals surface area (Å²) in [5.41, 5.74) is 7.22. The number of thiocarbonyl (C=S) groups is 1. The molecule has 4 heteroatoms. The van der Waals surface area contributed by atoms with Gasteiger partial charge < -0.3 is 10.6 Å². The molecule has 0 spiro atoms. The topological polar surface area (TPSA) is 29.3 Å². The lowest BCUT2D eigenvalue weighted by atomic mass is 10.1. The van der Waals surface area contributed by atoms with Crippen molar-refractivity contribution in [3.8, 4) is 0 Å². The van der Waals surface area contributed by atoms with Crippen LogP contribution >= 0.6 is 12.2 Å². The van der Waals surface area contributed by atoms with Crippen LogP contribution in [0.15, 0.2) is 18.2 Å². The summed E-state index contributed by atoms with van der Waals surface area (Å²) in [6.45, 7) is 4.19. The molecule has 1 aliphatic rings. The van der Waals surface area contributed by atoms with Crippen LogP contribution in [-0.2, 0) is 0 Å². The summed E-state index contributed by atoms with van der Waals surface area (Å²) in [6.07, 6.45) is 1.16. The lowest BCUT2D eigenvalue weighted by Gasteiger charge is -2.21. The van der Waals surface area contributed by atoms with Gasteiger partial charge in [-0.25, -0.2) is 4.39 Å². The fraction of sp³-hybridized carbons (Fsp3) is 0.417. The molecule has 1 atom stereocenters. The summed E-state index contributed by atoms with van der Waals surface area (Å²) in [5.74, 6) is 0.378. The predicted molar refractivity (Wildman–Crippen MR) is 68.3 cm³/mol. The average Bonchev–Trinajstić information content (AvgIpc) is 2.64. The molecule has 2 N–H and O–H groups in total. The number of nitrogens with zero attached hydrogens (tertiary/aromatic N) is 1. The van der Waals surface area contributed by atoms with Crippen molar-refractivity contribution in [1.29, 1.82) is 0 Å². The summed E-state index contributed by atoms with van der Waals surface area (Å²) in [7, 11) is 0. The molecule has 1 aliphatic heterocycles. The third kappa shape index (κ3) is 2.16. The minimum Gasteiger partial charge on any atom is -0.389 e. The molecule has 2 rings (SSSR count). The Morgan fingerprint density at radius 1 is 1.56 bits per heavy atom. The number of nitrogens with two attached hydrogens (primary N) is 1. The zero-order valence-electron chi connectivity index (χ0n) is 9.24. The molecule has 1 aromatic rings. The molecule has 86 valence electrons. The monoisotopic (exact) mass is 238 g/mol. The molecule has 16 heavy (non-hydrogen) atoms. The quantitative estimate of drug-likeness (QED) is 0.802. The average molecular weight is 238 g/mol. The normalized spacial score (nSPS) is 20.1. The molecule has 0 saturated carbocycles. The lowest BCUT2D eigenvalue weighted by Crippen LogP contribution is -2.23. The van der Waals surface area contributed by atoms with Crippen molar-refractivity contribution in [2.75, 3.05) is 18.0 Å². The molecule has 1 saturated heterocycles. The zero-order valence-corrected chi connectivity index (χ0v) is 10.1. The van der Waals surface area contributed by atoms with Gasteiger partial charge in [0.2, 0.25) is 0 Å². The van der Waals surface area contributed by atoms with Gasteiger partial charge in [0, 0.05) is 24.3 Å². The Labute approximate surface area is 100 Å². The van der Waals surface area contributed by atoms with Crippen LogP contribution in [0.25, 0.3) is 0 Å². The number of benzene rings is 1. The Morgan fingerprint density at radius 3 is 2.88 bits per heavy atom. The van der Waals surface area contributed by atoms with Gasteiger partial charge in [0.25, 0.3) is 0 Å². The Hall–Kier alpha value is -1.16. The Morgan fingerprint density at radius 2 is 2.31 bits per heavy atom. The molecule has 0 bridgehead atoms. The van der Waals surface area contributed by atoms with E-state index in [-0.39, 0.29) is 10.8 Å². The zero-order chi connectivity index (χ0) is 11.7. The number of hydrogen-bond donors (Lipinski definition) is 1. The van der Waals surface area contributed by atoms with E-state index in [2.05, 4.69) is 11.8 Å². The summed E-state index contributed by atoms with van der Waals surface area (Å²) >= 11 is 4.96. The number of hydrogen-bond acceptors (Lipinski definition) is 2. The second-order valence-corrected chi connectivity index (χ2v) is 4.81. The van der Waals surface area contributed by atoms with Crippen LogP contribution in [0.3, 0.4) is 0 Å². The maximum absolute atomic E-state index is 13.1. The summed E-state index contributed by atoms with van der Waals surface area (Å²) in [5, 5.41) is 0. The van der Waals surface area contributed by atoms with Gasteiger partial charge in [-0.1, -0.05) is 19.1 Å². The largest absolute Gasteiger partial charge is 0.389 e. The maximum Gasteiger partial charge on any atom is 0.124 e. The van der Waals surface area contributed by atoms with Gasteiger partial charge in [0.1, 0.15) is 10.8 Å². The molecule has 0 amide bonds.